The van der Waals surface area contributed by atoms with Gasteiger partial charge in [0.1, 0.15) is 5.75 Å². The Bertz CT molecular complexity index is 570. The van der Waals surface area contributed by atoms with Crippen LogP contribution >= 0.6 is 0 Å². The van der Waals surface area contributed by atoms with Crippen molar-refractivity contribution in [3.8, 4) is 17.1 Å². The van der Waals surface area contributed by atoms with Crippen LogP contribution in [0.15, 0.2) is 18.2 Å². The van der Waals surface area contributed by atoms with Crippen molar-refractivity contribution in [2.75, 3.05) is 19.5 Å². The number of ether oxygens (including phenoxy) is 2. The normalized spacial score (nSPS) is 12.3. The molecule has 0 aliphatic carbocycles. The number of rotatable bonds is 6. The Morgan fingerprint density at radius 2 is 2.20 bits per heavy atom. The molecule has 0 spiro atoms. The van der Waals surface area contributed by atoms with E-state index in [1.54, 1.807) is 23.9 Å². The number of methoxy groups -OCH3 is 1. The first-order valence-corrected chi connectivity index (χ1v) is 6.47. The minimum atomic E-state index is 0.0223. The molecule has 7 nitrogen and oxygen atoms in total. The fourth-order valence-electron chi connectivity index (χ4n) is 1.96. The molecule has 1 aromatic heterocycles. The molecule has 0 fully saturated rings. The van der Waals surface area contributed by atoms with E-state index >= 15 is 0 Å². The first-order chi connectivity index (χ1) is 9.65. The number of aromatic nitrogens is 4. The van der Waals surface area contributed by atoms with Gasteiger partial charge in [-0.05, 0) is 42.5 Å². The molecule has 0 saturated carbocycles. The first kappa shape index (κ1) is 14.3. The Labute approximate surface area is 117 Å². The van der Waals surface area contributed by atoms with E-state index in [0.29, 0.717) is 30.4 Å². The molecule has 1 unspecified atom stereocenters. The van der Waals surface area contributed by atoms with Gasteiger partial charge in [-0.25, -0.2) is 4.68 Å². The maximum Gasteiger partial charge on any atom is 0.184 e. The van der Waals surface area contributed by atoms with Gasteiger partial charge in [0.05, 0.1) is 19.8 Å². The molecule has 2 aromatic rings. The standard InChI is InChI=1S/C13H19N5O2/c1-4-20-9(2)8-18-13(15-16-17-18)11-7-10(19-3)5-6-12(11)14/h5-7,9H,4,8,14H2,1-3H3. The summed E-state index contributed by atoms with van der Waals surface area (Å²) in [4.78, 5) is 0. The highest BCUT2D eigenvalue weighted by molar-refractivity contribution is 5.73. The van der Waals surface area contributed by atoms with Gasteiger partial charge in [0.15, 0.2) is 5.82 Å². The van der Waals surface area contributed by atoms with Gasteiger partial charge in [0.25, 0.3) is 0 Å². The van der Waals surface area contributed by atoms with Crippen LogP contribution in [0.4, 0.5) is 5.69 Å². The Hall–Kier alpha value is -2.15. The van der Waals surface area contributed by atoms with Gasteiger partial charge in [-0.1, -0.05) is 0 Å². The summed E-state index contributed by atoms with van der Waals surface area (Å²) in [5.41, 5.74) is 7.35. The average molecular weight is 277 g/mol. The second-order valence-corrected chi connectivity index (χ2v) is 4.40. The minimum absolute atomic E-state index is 0.0223. The summed E-state index contributed by atoms with van der Waals surface area (Å²) >= 11 is 0. The number of benzene rings is 1. The monoisotopic (exact) mass is 277 g/mol. The molecule has 20 heavy (non-hydrogen) atoms. The van der Waals surface area contributed by atoms with E-state index in [-0.39, 0.29) is 6.10 Å². The van der Waals surface area contributed by atoms with Crippen molar-refractivity contribution < 1.29 is 9.47 Å². The molecule has 1 aromatic carbocycles. The Morgan fingerprint density at radius 1 is 1.40 bits per heavy atom. The molecule has 2 rings (SSSR count). The molecular formula is C13H19N5O2. The van der Waals surface area contributed by atoms with E-state index in [0.717, 1.165) is 5.56 Å². The quantitative estimate of drug-likeness (QED) is 0.802. The minimum Gasteiger partial charge on any atom is -0.497 e. The predicted octanol–water partition coefficient (Wildman–Crippen LogP) is 1.36. The SMILES string of the molecule is CCOC(C)Cn1nnnc1-c1cc(OC)ccc1N. The summed E-state index contributed by atoms with van der Waals surface area (Å²) < 4.78 is 12.4. The molecule has 0 bridgehead atoms. The van der Waals surface area contributed by atoms with Gasteiger partial charge < -0.3 is 15.2 Å². The lowest BCUT2D eigenvalue weighted by atomic mass is 10.1. The third-order valence-corrected chi connectivity index (χ3v) is 2.91. The number of nitrogens with two attached hydrogens (primary N) is 1. The number of nitrogen functional groups attached to an aromatic ring is 1. The van der Waals surface area contributed by atoms with Crippen LogP contribution in [0.1, 0.15) is 13.8 Å². The van der Waals surface area contributed by atoms with Gasteiger partial charge in [-0.15, -0.1) is 5.10 Å². The van der Waals surface area contributed by atoms with Crippen LogP contribution in [0.3, 0.4) is 0 Å². The molecule has 0 amide bonds. The second kappa shape index (κ2) is 6.33. The van der Waals surface area contributed by atoms with Gasteiger partial charge in [-0.2, -0.15) is 0 Å². The highest BCUT2D eigenvalue weighted by Gasteiger charge is 2.15. The Kier molecular flexibility index (Phi) is 4.52. The maximum atomic E-state index is 6.00. The Balaban J connectivity index is 2.32. The summed E-state index contributed by atoms with van der Waals surface area (Å²) in [6.45, 7) is 5.15. The molecule has 108 valence electrons. The fourth-order valence-corrected chi connectivity index (χ4v) is 1.96. The number of nitrogens with zero attached hydrogens (tertiary/aromatic N) is 4. The van der Waals surface area contributed by atoms with Crippen molar-refractivity contribution in [3.05, 3.63) is 18.2 Å². The van der Waals surface area contributed by atoms with E-state index in [1.165, 1.54) is 0 Å². The summed E-state index contributed by atoms with van der Waals surface area (Å²) in [5.74, 6) is 1.31. The molecule has 0 aliphatic heterocycles. The molecule has 0 saturated heterocycles. The molecule has 1 heterocycles. The lowest BCUT2D eigenvalue weighted by molar-refractivity contribution is 0.0614. The van der Waals surface area contributed by atoms with Gasteiger partial charge in [-0.3, -0.25) is 0 Å². The van der Waals surface area contributed by atoms with Crippen molar-refractivity contribution in [3.63, 3.8) is 0 Å². The van der Waals surface area contributed by atoms with Crippen molar-refractivity contribution in [2.45, 2.75) is 26.5 Å². The lowest BCUT2D eigenvalue weighted by Crippen LogP contribution is -2.18. The van der Waals surface area contributed by atoms with Gasteiger partial charge in [0.2, 0.25) is 0 Å². The van der Waals surface area contributed by atoms with Crippen LogP contribution in [-0.4, -0.2) is 40.0 Å². The van der Waals surface area contributed by atoms with E-state index in [4.69, 9.17) is 15.2 Å². The zero-order valence-electron chi connectivity index (χ0n) is 11.9. The van der Waals surface area contributed by atoms with Gasteiger partial charge >= 0.3 is 0 Å². The fraction of sp³-hybridized carbons (Fsp3) is 0.462. The number of tetrazole rings is 1. The van der Waals surface area contributed by atoms with E-state index in [9.17, 15) is 0 Å². The number of hydrogen-bond donors (Lipinski definition) is 1. The zero-order valence-corrected chi connectivity index (χ0v) is 11.9. The largest absolute Gasteiger partial charge is 0.497 e. The topological polar surface area (TPSA) is 88.1 Å². The summed E-state index contributed by atoms with van der Waals surface area (Å²) in [5, 5.41) is 11.8. The van der Waals surface area contributed by atoms with Crippen LogP contribution in [0, 0.1) is 0 Å². The predicted molar refractivity (Wildman–Crippen MR) is 75.3 cm³/mol. The van der Waals surface area contributed by atoms with Crippen LogP contribution in [-0.2, 0) is 11.3 Å². The average Bonchev–Trinajstić information content (AvgIpc) is 2.87. The first-order valence-electron chi connectivity index (χ1n) is 6.47. The Morgan fingerprint density at radius 3 is 2.90 bits per heavy atom. The molecule has 0 radical (unpaired) electrons. The summed E-state index contributed by atoms with van der Waals surface area (Å²) in [7, 11) is 1.61. The number of anilines is 1. The lowest BCUT2D eigenvalue weighted by Gasteiger charge is -2.13. The number of hydrogen-bond acceptors (Lipinski definition) is 6. The van der Waals surface area contributed by atoms with Crippen molar-refractivity contribution >= 4 is 5.69 Å². The third kappa shape index (κ3) is 3.05. The van der Waals surface area contributed by atoms with Gasteiger partial charge in [0, 0.05) is 17.9 Å². The zero-order chi connectivity index (χ0) is 14.5. The van der Waals surface area contributed by atoms with Crippen molar-refractivity contribution in [1.82, 2.24) is 20.2 Å². The molecule has 7 heteroatoms. The van der Waals surface area contributed by atoms with E-state index in [2.05, 4.69) is 15.5 Å². The van der Waals surface area contributed by atoms with Crippen LogP contribution in [0.25, 0.3) is 11.4 Å². The molecule has 1 atom stereocenters. The smallest absolute Gasteiger partial charge is 0.184 e. The summed E-state index contributed by atoms with van der Waals surface area (Å²) in [6.07, 6.45) is 0.0223. The highest BCUT2D eigenvalue weighted by Crippen LogP contribution is 2.28. The van der Waals surface area contributed by atoms with Crippen molar-refractivity contribution in [2.24, 2.45) is 0 Å². The second-order valence-electron chi connectivity index (χ2n) is 4.40. The molecule has 2 N–H and O–H groups in total. The van der Waals surface area contributed by atoms with Crippen molar-refractivity contribution in [1.29, 1.82) is 0 Å². The molecular weight excluding hydrogens is 258 g/mol. The van der Waals surface area contributed by atoms with Crippen LogP contribution in [0.5, 0.6) is 5.75 Å². The summed E-state index contributed by atoms with van der Waals surface area (Å²) in [6, 6.07) is 5.40. The van der Waals surface area contributed by atoms with E-state index in [1.807, 2.05) is 19.9 Å². The van der Waals surface area contributed by atoms with E-state index < -0.39 is 0 Å². The van der Waals surface area contributed by atoms with Crippen LogP contribution < -0.4 is 10.5 Å². The highest BCUT2D eigenvalue weighted by atomic mass is 16.5. The molecule has 0 aliphatic rings. The third-order valence-electron chi connectivity index (χ3n) is 2.91. The van der Waals surface area contributed by atoms with Crippen LogP contribution in [0.2, 0.25) is 0 Å². The maximum absolute atomic E-state index is 6.00.